The van der Waals surface area contributed by atoms with Crippen molar-refractivity contribution < 1.29 is 9.90 Å². The number of nitrogens with zero attached hydrogens (tertiary/aromatic N) is 3. The van der Waals surface area contributed by atoms with Crippen molar-refractivity contribution in [3.05, 3.63) is 142 Å². The minimum Gasteiger partial charge on any atom is -0.465 e. The molecule has 0 spiro atoms. The Kier molecular flexibility index (Phi) is 8.43. The quantitative estimate of drug-likeness (QED) is 0.187. The van der Waals surface area contributed by atoms with Crippen LogP contribution in [0.2, 0.25) is 0 Å². The lowest BCUT2D eigenvalue weighted by atomic mass is 9.84. The summed E-state index contributed by atoms with van der Waals surface area (Å²) in [4.78, 5) is 33.5. The van der Waals surface area contributed by atoms with E-state index in [1.807, 2.05) is 83.4 Å². The monoisotopic (exact) mass is 574 g/mol. The molecule has 7 heteroatoms. The van der Waals surface area contributed by atoms with E-state index < -0.39 is 11.8 Å². The Morgan fingerprint density at radius 3 is 1.98 bits per heavy atom. The van der Waals surface area contributed by atoms with Gasteiger partial charge < -0.3 is 10.1 Å². The number of hydrogen-bond donors (Lipinski definition) is 2. The number of hydrogen-bond acceptors (Lipinski definition) is 3. The molecule has 1 amide bonds. The number of imidazole rings is 1. The van der Waals surface area contributed by atoms with Crippen molar-refractivity contribution in [3.8, 4) is 0 Å². The molecule has 1 aliphatic rings. The largest absolute Gasteiger partial charge is 0.465 e. The molecule has 1 aliphatic heterocycles. The number of benzene rings is 4. The van der Waals surface area contributed by atoms with Crippen LogP contribution in [0, 0.1) is 0 Å². The first-order valence-electron chi connectivity index (χ1n) is 15.1. The number of amides is 1. The van der Waals surface area contributed by atoms with Gasteiger partial charge in [-0.2, -0.15) is 0 Å². The number of aromatic nitrogens is 2. The van der Waals surface area contributed by atoms with E-state index in [0.717, 1.165) is 35.0 Å². The molecule has 2 N–H and O–H groups in total. The summed E-state index contributed by atoms with van der Waals surface area (Å²) in [7, 11) is 0. The van der Waals surface area contributed by atoms with Gasteiger partial charge in [-0.15, -0.1) is 0 Å². The van der Waals surface area contributed by atoms with Crippen molar-refractivity contribution >= 4 is 17.1 Å². The highest BCUT2D eigenvalue weighted by Crippen LogP contribution is 2.43. The molecule has 6 rings (SSSR count). The number of carboxylic acid groups (broad SMARTS) is 1. The summed E-state index contributed by atoms with van der Waals surface area (Å²) in [6, 6.07) is 38.5. The van der Waals surface area contributed by atoms with Crippen LogP contribution in [-0.4, -0.2) is 42.8 Å². The first-order valence-corrected chi connectivity index (χ1v) is 15.1. The topological polar surface area (TPSA) is 81.6 Å². The Morgan fingerprint density at radius 2 is 1.37 bits per heavy atom. The minimum absolute atomic E-state index is 0.147. The third kappa shape index (κ3) is 6.13. The summed E-state index contributed by atoms with van der Waals surface area (Å²) in [6.07, 6.45) is 2.45. The second kappa shape index (κ2) is 12.7. The summed E-state index contributed by atoms with van der Waals surface area (Å²) < 4.78 is 1.86. The van der Waals surface area contributed by atoms with Gasteiger partial charge in [-0.05, 0) is 54.5 Å². The van der Waals surface area contributed by atoms with Crippen molar-refractivity contribution in [2.75, 3.05) is 6.54 Å². The van der Waals surface area contributed by atoms with Crippen molar-refractivity contribution in [3.63, 3.8) is 0 Å². The lowest BCUT2D eigenvalue weighted by molar-refractivity contribution is -0.0979. The summed E-state index contributed by atoms with van der Waals surface area (Å²) in [5.41, 5.74) is 4.15. The van der Waals surface area contributed by atoms with E-state index in [4.69, 9.17) is 0 Å². The highest BCUT2D eigenvalue weighted by molar-refractivity contribution is 5.75. The third-order valence-electron chi connectivity index (χ3n) is 8.88. The fourth-order valence-electron chi connectivity index (χ4n) is 6.88. The first kappa shape index (κ1) is 28.5. The van der Waals surface area contributed by atoms with Gasteiger partial charge in [0.05, 0.1) is 11.0 Å². The zero-order valence-electron chi connectivity index (χ0n) is 24.3. The van der Waals surface area contributed by atoms with E-state index in [0.29, 0.717) is 38.9 Å². The Bertz CT molecular complexity index is 1660. The Balaban J connectivity index is 1.45. The van der Waals surface area contributed by atoms with Crippen LogP contribution >= 0.6 is 0 Å². The molecule has 0 bridgehead atoms. The molecule has 4 aromatic carbocycles. The molecule has 2 atom stereocenters. The van der Waals surface area contributed by atoms with Gasteiger partial charge in [-0.25, -0.2) is 9.59 Å². The molecule has 43 heavy (non-hydrogen) atoms. The maximum absolute atomic E-state index is 13.4. The fourth-order valence-corrected chi connectivity index (χ4v) is 6.88. The van der Waals surface area contributed by atoms with Crippen LogP contribution in [0.25, 0.3) is 11.0 Å². The molecule has 1 aromatic heterocycles. The number of piperidine rings is 1. The summed E-state index contributed by atoms with van der Waals surface area (Å²) in [5.74, 6) is 0. The number of rotatable bonds is 10. The highest BCUT2D eigenvalue weighted by atomic mass is 16.4. The molecule has 2 unspecified atom stereocenters. The smallest absolute Gasteiger partial charge is 0.408 e. The third-order valence-corrected chi connectivity index (χ3v) is 8.88. The van der Waals surface area contributed by atoms with E-state index >= 15 is 0 Å². The van der Waals surface area contributed by atoms with Crippen molar-refractivity contribution in [2.45, 2.75) is 56.9 Å². The van der Waals surface area contributed by atoms with Crippen LogP contribution in [0.1, 0.15) is 48.4 Å². The van der Waals surface area contributed by atoms with Crippen LogP contribution in [0.15, 0.2) is 120 Å². The first-order chi connectivity index (χ1) is 21.0. The molecular formula is C36H38N4O3. The highest BCUT2D eigenvalue weighted by Gasteiger charge is 2.49. The number of carbonyl (C=O) groups is 1. The molecule has 1 fully saturated rings. The van der Waals surface area contributed by atoms with E-state index in [1.54, 1.807) is 4.90 Å². The molecule has 0 radical (unpaired) electrons. The number of aryl methyl sites for hydroxylation is 1. The predicted molar refractivity (Wildman–Crippen MR) is 170 cm³/mol. The Labute approximate surface area is 252 Å². The average molecular weight is 575 g/mol. The zero-order chi connectivity index (χ0) is 29.6. The molecule has 7 nitrogen and oxygen atoms in total. The molecule has 0 aliphatic carbocycles. The lowest BCUT2D eigenvalue weighted by Gasteiger charge is -2.54. The second-order valence-corrected chi connectivity index (χ2v) is 11.5. The van der Waals surface area contributed by atoms with Crippen LogP contribution in [0.4, 0.5) is 4.79 Å². The van der Waals surface area contributed by atoms with Crippen molar-refractivity contribution in [2.24, 2.45) is 0 Å². The standard InChI is InChI=1S/C36H38N4O3/c41-34-37-32-20-10-11-21-33(32)40(34)31-22-24-39(35(42)43)36(25-31,23-12-19-28-13-4-1-5-14-28)38(26-29-15-6-2-7-16-29)27-30-17-8-3-9-18-30/h1-11,13-18,20-21,31H,12,19,22-27H2,(H,37,41)(H,42,43). The van der Waals surface area contributed by atoms with Gasteiger partial charge in [0.15, 0.2) is 0 Å². The van der Waals surface area contributed by atoms with Crippen LogP contribution in [0.5, 0.6) is 0 Å². The normalized spacial score (nSPS) is 18.7. The van der Waals surface area contributed by atoms with E-state index in [2.05, 4.69) is 46.3 Å². The maximum Gasteiger partial charge on any atom is 0.408 e. The van der Waals surface area contributed by atoms with Crippen molar-refractivity contribution in [1.82, 2.24) is 19.4 Å². The Morgan fingerprint density at radius 1 is 0.814 bits per heavy atom. The van der Waals surface area contributed by atoms with E-state index in [-0.39, 0.29) is 11.7 Å². The van der Waals surface area contributed by atoms with Gasteiger partial charge in [-0.1, -0.05) is 103 Å². The molecule has 220 valence electrons. The number of likely N-dealkylation sites (tertiary alicyclic amines) is 1. The number of aromatic amines is 1. The number of fused-ring (bicyclic) bond motifs is 1. The minimum atomic E-state index is -0.921. The molecule has 1 saturated heterocycles. The van der Waals surface area contributed by atoms with Gasteiger partial charge in [0.1, 0.15) is 5.66 Å². The van der Waals surface area contributed by atoms with Crippen LogP contribution in [0.3, 0.4) is 0 Å². The van der Waals surface area contributed by atoms with Gasteiger partial charge in [0.2, 0.25) is 0 Å². The maximum atomic E-state index is 13.4. The second-order valence-electron chi connectivity index (χ2n) is 11.5. The molecule has 0 saturated carbocycles. The summed E-state index contributed by atoms with van der Waals surface area (Å²) >= 11 is 0. The van der Waals surface area contributed by atoms with Gasteiger partial charge in [0.25, 0.3) is 0 Å². The van der Waals surface area contributed by atoms with E-state index in [9.17, 15) is 14.7 Å². The van der Waals surface area contributed by atoms with Gasteiger partial charge >= 0.3 is 11.8 Å². The van der Waals surface area contributed by atoms with Crippen LogP contribution < -0.4 is 5.69 Å². The Hall–Kier alpha value is -4.62. The summed E-state index contributed by atoms with van der Waals surface area (Å²) in [6.45, 7) is 1.51. The SMILES string of the molecule is O=C(O)N1CCC(n2c(=O)[nH]c3ccccc32)CC1(CCCc1ccccc1)N(Cc1ccccc1)Cc1ccccc1. The summed E-state index contributed by atoms with van der Waals surface area (Å²) in [5, 5.41) is 10.7. The van der Waals surface area contributed by atoms with Gasteiger partial charge in [0, 0.05) is 32.1 Å². The lowest BCUT2D eigenvalue weighted by Crippen LogP contribution is -2.65. The fraction of sp³-hybridized carbons (Fsp3) is 0.278. The van der Waals surface area contributed by atoms with Gasteiger partial charge in [-0.3, -0.25) is 14.4 Å². The predicted octanol–water partition coefficient (Wildman–Crippen LogP) is 7.07. The molecule has 2 heterocycles. The van der Waals surface area contributed by atoms with Crippen LogP contribution in [-0.2, 0) is 19.5 Å². The molecular weight excluding hydrogens is 536 g/mol. The number of H-pyrrole nitrogens is 1. The van der Waals surface area contributed by atoms with Crippen molar-refractivity contribution in [1.29, 1.82) is 0 Å². The average Bonchev–Trinajstić information content (AvgIpc) is 3.37. The molecule has 5 aromatic rings. The number of para-hydroxylation sites is 2. The number of nitrogens with one attached hydrogen (secondary N) is 1. The van der Waals surface area contributed by atoms with E-state index in [1.165, 1.54) is 5.56 Å². The zero-order valence-corrected chi connectivity index (χ0v) is 24.3.